The monoisotopic (exact) mass is 473 g/mol. The number of amides is 1. The van der Waals surface area contributed by atoms with Crippen LogP contribution in [0.4, 0.5) is 13.2 Å². The van der Waals surface area contributed by atoms with Gasteiger partial charge in [-0.1, -0.05) is 36.1 Å². The Morgan fingerprint density at radius 2 is 2.00 bits per heavy atom. The molecule has 1 aromatic heterocycles. The summed E-state index contributed by atoms with van der Waals surface area (Å²) in [5.74, 6) is 0.00947. The molecule has 1 atom stereocenters. The van der Waals surface area contributed by atoms with Gasteiger partial charge >= 0.3 is 6.18 Å². The van der Waals surface area contributed by atoms with Crippen LogP contribution in [0.1, 0.15) is 17.7 Å². The number of rotatable bonds is 3. The van der Waals surface area contributed by atoms with Gasteiger partial charge in [-0.2, -0.15) is 13.2 Å². The van der Waals surface area contributed by atoms with Gasteiger partial charge in [0.05, 0.1) is 28.0 Å². The van der Waals surface area contributed by atoms with E-state index in [4.69, 9.17) is 16.6 Å². The summed E-state index contributed by atoms with van der Waals surface area (Å²) in [7, 11) is -3.18. The zero-order valence-electron chi connectivity index (χ0n) is 15.2. The number of halogens is 3. The lowest BCUT2D eigenvalue weighted by molar-refractivity contribution is -0.137. The van der Waals surface area contributed by atoms with E-state index in [9.17, 15) is 26.4 Å². The number of nitrogens with zero attached hydrogens (tertiary/aromatic N) is 1. The van der Waals surface area contributed by atoms with Gasteiger partial charge in [0.2, 0.25) is 0 Å². The second-order valence-corrected chi connectivity index (χ2v) is 10.8. The number of furan rings is 1. The van der Waals surface area contributed by atoms with E-state index in [0.717, 1.165) is 23.9 Å². The van der Waals surface area contributed by atoms with E-state index in [-0.39, 0.29) is 37.8 Å². The first-order valence-corrected chi connectivity index (χ1v) is 11.8. The molecule has 0 bridgehead atoms. The third-order valence-corrected chi connectivity index (χ3v) is 7.85. The van der Waals surface area contributed by atoms with Crippen LogP contribution in [0.25, 0.3) is 17.4 Å². The highest BCUT2D eigenvalue weighted by atomic mass is 32.2. The number of carbonyl (C=O) groups excluding carboxylic acids is 1. The summed E-state index contributed by atoms with van der Waals surface area (Å²) < 4.78 is 68.1. The minimum absolute atomic E-state index is 0.0201. The van der Waals surface area contributed by atoms with Crippen LogP contribution in [0, 0.1) is 0 Å². The largest absolute Gasteiger partial charge is 0.457 e. The summed E-state index contributed by atoms with van der Waals surface area (Å²) in [6.07, 6.45) is -2.67. The number of alkyl halides is 3. The van der Waals surface area contributed by atoms with Gasteiger partial charge in [-0.05, 0) is 30.7 Å². The van der Waals surface area contributed by atoms with Crippen LogP contribution in [-0.4, -0.2) is 41.1 Å². The van der Waals surface area contributed by atoms with E-state index in [2.05, 4.69) is 0 Å². The summed E-state index contributed by atoms with van der Waals surface area (Å²) in [6, 6.07) is 7.34. The molecule has 2 saturated heterocycles. The van der Waals surface area contributed by atoms with Gasteiger partial charge in [-0.25, -0.2) is 8.42 Å². The molecule has 30 heavy (non-hydrogen) atoms. The van der Waals surface area contributed by atoms with Gasteiger partial charge in [0.25, 0.3) is 5.91 Å². The SMILES string of the molecule is O=C1/C(=C/c2ccc(-c3cccc(C(F)(F)F)c3)o2)SC(=S)N1[C@@H]1CCS(=O)(=O)C1. The van der Waals surface area contributed by atoms with Crippen LogP contribution in [0.15, 0.2) is 45.7 Å². The Kier molecular flexibility index (Phi) is 5.31. The molecule has 0 N–H and O–H groups in total. The van der Waals surface area contributed by atoms with Crippen LogP contribution >= 0.6 is 24.0 Å². The first-order chi connectivity index (χ1) is 14.0. The molecule has 0 saturated carbocycles. The van der Waals surface area contributed by atoms with Crippen molar-refractivity contribution in [1.82, 2.24) is 4.90 Å². The molecular formula is C19H14F3NO4S3. The Morgan fingerprint density at radius 3 is 2.67 bits per heavy atom. The van der Waals surface area contributed by atoms with Gasteiger partial charge in [-0.15, -0.1) is 0 Å². The molecule has 2 aliphatic heterocycles. The van der Waals surface area contributed by atoms with Crippen molar-refractivity contribution in [3.8, 4) is 11.3 Å². The summed E-state index contributed by atoms with van der Waals surface area (Å²) in [5.41, 5.74) is -0.529. The molecule has 0 radical (unpaired) electrons. The lowest BCUT2D eigenvalue weighted by Gasteiger charge is -2.20. The second kappa shape index (κ2) is 7.54. The average Bonchev–Trinajstić information content (AvgIpc) is 3.33. The molecular weight excluding hydrogens is 459 g/mol. The number of benzene rings is 1. The Hall–Kier alpha value is -2.11. The third kappa shape index (κ3) is 4.19. The highest BCUT2D eigenvalue weighted by Gasteiger charge is 2.42. The van der Waals surface area contributed by atoms with Gasteiger partial charge in [0.1, 0.15) is 15.8 Å². The zero-order valence-corrected chi connectivity index (χ0v) is 17.6. The topological polar surface area (TPSA) is 67.6 Å². The predicted octanol–water partition coefficient (Wildman–Crippen LogP) is 4.35. The molecule has 2 aliphatic rings. The Balaban J connectivity index is 1.56. The molecule has 5 nitrogen and oxygen atoms in total. The van der Waals surface area contributed by atoms with Crippen LogP contribution in [-0.2, 0) is 20.8 Å². The fourth-order valence-electron chi connectivity index (χ4n) is 3.34. The Bertz CT molecular complexity index is 1170. The predicted molar refractivity (Wildman–Crippen MR) is 111 cm³/mol. The van der Waals surface area contributed by atoms with Crippen molar-refractivity contribution in [2.24, 2.45) is 0 Å². The van der Waals surface area contributed by atoms with Crippen LogP contribution < -0.4 is 0 Å². The highest BCUT2D eigenvalue weighted by Crippen LogP contribution is 2.37. The van der Waals surface area contributed by atoms with Gasteiger partial charge in [-0.3, -0.25) is 9.69 Å². The van der Waals surface area contributed by atoms with Crippen molar-refractivity contribution in [1.29, 1.82) is 0 Å². The van der Waals surface area contributed by atoms with Crippen molar-refractivity contribution in [3.63, 3.8) is 0 Å². The number of sulfone groups is 1. The van der Waals surface area contributed by atoms with Gasteiger partial charge < -0.3 is 4.42 Å². The second-order valence-electron chi connectivity index (χ2n) is 6.89. The third-order valence-electron chi connectivity index (χ3n) is 4.77. The molecule has 4 rings (SSSR count). The smallest absolute Gasteiger partial charge is 0.416 e. The molecule has 11 heteroatoms. The fraction of sp³-hybridized carbons (Fsp3) is 0.263. The standard InChI is InChI=1S/C19H14F3NO4S3/c20-19(21,22)12-3-1-2-11(8-12)15-5-4-14(27-15)9-16-17(24)23(18(28)29-16)13-6-7-30(25,26)10-13/h1-5,8-9,13H,6-7,10H2/b16-9-/t13-/m1/s1. The molecule has 2 aromatic rings. The van der Waals surface area contributed by atoms with Gasteiger partial charge in [0.15, 0.2) is 9.84 Å². The maximum atomic E-state index is 12.9. The molecule has 1 aromatic carbocycles. The molecule has 2 fully saturated rings. The highest BCUT2D eigenvalue weighted by molar-refractivity contribution is 8.26. The quantitative estimate of drug-likeness (QED) is 0.488. The summed E-state index contributed by atoms with van der Waals surface area (Å²) in [5, 5.41) is 0. The first-order valence-electron chi connectivity index (χ1n) is 8.78. The van der Waals surface area contributed by atoms with Crippen molar-refractivity contribution in [3.05, 3.63) is 52.6 Å². The van der Waals surface area contributed by atoms with E-state index < -0.39 is 33.5 Å². The summed E-state index contributed by atoms with van der Waals surface area (Å²) in [6.45, 7) is 0. The average molecular weight is 474 g/mol. The fourth-order valence-corrected chi connectivity index (χ4v) is 6.42. The van der Waals surface area contributed by atoms with E-state index in [1.54, 1.807) is 6.07 Å². The molecule has 1 amide bonds. The van der Waals surface area contributed by atoms with Crippen molar-refractivity contribution < 1.29 is 30.8 Å². The van der Waals surface area contributed by atoms with Gasteiger partial charge in [0, 0.05) is 11.6 Å². The normalized spacial score (nSPS) is 23.0. The van der Waals surface area contributed by atoms with Crippen molar-refractivity contribution in [2.45, 2.75) is 18.6 Å². The number of hydrogen-bond acceptors (Lipinski definition) is 6. The summed E-state index contributed by atoms with van der Waals surface area (Å²) in [4.78, 5) is 14.3. The molecule has 0 unspecified atom stereocenters. The lowest BCUT2D eigenvalue weighted by atomic mass is 10.1. The van der Waals surface area contributed by atoms with Crippen molar-refractivity contribution in [2.75, 3.05) is 11.5 Å². The minimum Gasteiger partial charge on any atom is -0.457 e. The number of thiocarbonyl (C=S) groups is 1. The Morgan fingerprint density at radius 1 is 1.23 bits per heavy atom. The molecule has 158 valence electrons. The van der Waals surface area contributed by atoms with E-state index in [0.29, 0.717) is 6.42 Å². The molecule has 0 aliphatic carbocycles. The van der Waals surface area contributed by atoms with Crippen LogP contribution in [0.5, 0.6) is 0 Å². The zero-order chi connectivity index (χ0) is 21.7. The number of hydrogen-bond donors (Lipinski definition) is 0. The number of thioether (sulfide) groups is 1. The summed E-state index contributed by atoms with van der Waals surface area (Å²) >= 11 is 6.29. The lowest BCUT2D eigenvalue weighted by Crippen LogP contribution is -2.39. The molecule has 3 heterocycles. The number of carbonyl (C=O) groups is 1. The van der Waals surface area contributed by atoms with E-state index in [1.165, 1.54) is 29.2 Å². The minimum atomic E-state index is -4.47. The Labute approximate surface area is 179 Å². The maximum Gasteiger partial charge on any atom is 0.416 e. The van der Waals surface area contributed by atoms with E-state index >= 15 is 0 Å². The molecule has 0 spiro atoms. The van der Waals surface area contributed by atoms with Crippen LogP contribution in [0.2, 0.25) is 0 Å². The van der Waals surface area contributed by atoms with Crippen molar-refractivity contribution >= 4 is 50.1 Å². The first kappa shape index (κ1) is 21.1. The van der Waals surface area contributed by atoms with Crippen LogP contribution in [0.3, 0.4) is 0 Å². The maximum absolute atomic E-state index is 12.9. The van der Waals surface area contributed by atoms with E-state index in [1.807, 2.05) is 0 Å².